The predicted molar refractivity (Wildman–Crippen MR) is 143 cm³/mol. The van der Waals surface area contributed by atoms with Gasteiger partial charge in [0.2, 0.25) is 0 Å². The van der Waals surface area contributed by atoms with E-state index < -0.39 is 11.3 Å². The molecule has 0 amide bonds. The fraction of sp³-hybridized carbons (Fsp3) is 0.200. The lowest BCUT2D eigenvalue weighted by Gasteiger charge is -2.29. The van der Waals surface area contributed by atoms with E-state index in [1.54, 1.807) is 19.2 Å². The molecule has 3 aromatic carbocycles. The Labute approximate surface area is 217 Å². The number of fused-ring (bicyclic) bond motifs is 4. The molecule has 0 spiro atoms. The second-order valence-corrected chi connectivity index (χ2v) is 9.11. The largest absolute Gasteiger partial charge is 0.496 e. The van der Waals surface area contributed by atoms with Crippen LogP contribution in [0.15, 0.2) is 85.2 Å². The summed E-state index contributed by atoms with van der Waals surface area (Å²) in [7, 11) is 3.18. The second-order valence-electron chi connectivity index (χ2n) is 9.11. The van der Waals surface area contributed by atoms with Crippen LogP contribution in [0.3, 0.4) is 0 Å². The van der Waals surface area contributed by atoms with E-state index >= 15 is 0 Å². The Hall–Kier alpha value is -4.56. The van der Waals surface area contributed by atoms with Gasteiger partial charge < -0.3 is 23.0 Å². The van der Waals surface area contributed by atoms with Gasteiger partial charge in [0.1, 0.15) is 23.8 Å². The fourth-order valence-corrected chi connectivity index (χ4v) is 5.00. The van der Waals surface area contributed by atoms with Crippen molar-refractivity contribution in [2.24, 2.45) is 0 Å². The van der Waals surface area contributed by atoms with Gasteiger partial charge in [-0.3, -0.25) is 4.90 Å². The van der Waals surface area contributed by atoms with Gasteiger partial charge in [0.25, 0.3) is 0 Å². The minimum absolute atomic E-state index is 0.272. The number of rotatable bonds is 6. The summed E-state index contributed by atoms with van der Waals surface area (Å²) in [4.78, 5) is 27.9. The van der Waals surface area contributed by atoms with Gasteiger partial charge in [-0.1, -0.05) is 30.3 Å². The molecule has 1 aliphatic heterocycles. The SMILES string of the molecule is COc1ccccc1CCN1COc2ccc3c(-c4cc5cccc(OC)c5oc4=O)cc(=O)oc3c2C1. The zero-order valence-electron chi connectivity index (χ0n) is 21.0. The summed E-state index contributed by atoms with van der Waals surface area (Å²) >= 11 is 0. The van der Waals surface area contributed by atoms with Crippen LogP contribution in [-0.4, -0.2) is 32.4 Å². The number of benzene rings is 3. The Bertz CT molecular complexity index is 1790. The Kier molecular flexibility index (Phi) is 6.09. The van der Waals surface area contributed by atoms with E-state index in [1.165, 1.54) is 13.2 Å². The van der Waals surface area contributed by atoms with Gasteiger partial charge in [-0.05, 0) is 42.3 Å². The number of methoxy groups -OCH3 is 2. The summed E-state index contributed by atoms with van der Waals surface area (Å²) < 4.78 is 28.1. The molecule has 8 nitrogen and oxygen atoms in total. The number of hydrogen-bond acceptors (Lipinski definition) is 8. The molecule has 0 bridgehead atoms. The maximum absolute atomic E-state index is 13.1. The quantitative estimate of drug-likeness (QED) is 0.295. The van der Waals surface area contributed by atoms with Gasteiger partial charge in [-0.25, -0.2) is 9.59 Å². The highest BCUT2D eigenvalue weighted by atomic mass is 16.5. The number of para-hydroxylation sites is 2. The fourth-order valence-electron chi connectivity index (χ4n) is 5.00. The second kappa shape index (κ2) is 9.72. The maximum Gasteiger partial charge on any atom is 0.344 e. The Morgan fingerprint density at radius 2 is 1.66 bits per heavy atom. The van der Waals surface area contributed by atoms with Gasteiger partial charge >= 0.3 is 11.3 Å². The van der Waals surface area contributed by atoms with Crippen LogP contribution in [0.1, 0.15) is 11.1 Å². The standard InChI is InChI=1S/C30H25NO7/c1-34-24-8-4-3-6-18(24)12-13-31-16-23-25(36-17-31)11-10-20-21(15-27(32)37-29(20)23)22-14-19-7-5-9-26(35-2)28(19)38-30(22)33/h3-11,14-15H,12-13,16-17H2,1-2H3. The van der Waals surface area contributed by atoms with E-state index in [-0.39, 0.29) is 5.56 Å². The molecule has 0 radical (unpaired) electrons. The Balaban J connectivity index is 1.40. The van der Waals surface area contributed by atoms with Gasteiger partial charge in [0.15, 0.2) is 11.3 Å². The third-order valence-electron chi connectivity index (χ3n) is 6.88. The summed E-state index contributed by atoms with van der Waals surface area (Å²) in [5.41, 5.74) is 2.21. The van der Waals surface area contributed by atoms with Crippen LogP contribution < -0.4 is 25.5 Å². The third kappa shape index (κ3) is 4.18. The molecule has 0 unspecified atom stereocenters. The minimum atomic E-state index is -0.568. The van der Waals surface area contributed by atoms with Crippen LogP contribution in [0, 0.1) is 0 Å². The molecular formula is C30H25NO7. The van der Waals surface area contributed by atoms with Crippen molar-refractivity contribution in [2.75, 3.05) is 27.5 Å². The van der Waals surface area contributed by atoms with E-state index in [4.69, 9.17) is 23.0 Å². The van der Waals surface area contributed by atoms with Crippen LogP contribution in [0.2, 0.25) is 0 Å². The molecule has 5 aromatic rings. The normalized spacial score (nSPS) is 13.3. The smallest absolute Gasteiger partial charge is 0.344 e. The maximum atomic E-state index is 13.1. The lowest BCUT2D eigenvalue weighted by Crippen LogP contribution is -2.33. The van der Waals surface area contributed by atoms with Gasteiger partial charge in [-0.15, -0.1) is 0 Å². The number of ether oxygens (including phenoxy) is 3. The number of hydrogen-bond donors (Lipinski definition) is 0. The summed E-state index contributed by atoms with van der Waals surface area (Å²) in [6.45, 7) is 1.65. The molecule has 8 heteroatoms. The van der Waals surface area contributed by atoms with Crippen molar-refractivity contribution in [3.8, 4) is 28.4 Å². The lowest BCUT2D eigenvalue weighted by molar-refractivity contribution is 0.0966. The summed E-state index contributed by atoms with van der Waals surface area (Å²) in [6.07, 6.45) is 0.768. The molecule has 0 fully saturated rings. The van der Waals surface area contributed by atoms with Crippen molar-refractivity contribution in [1.29, 1.82) is 0 Å². The summed E-state index contributed by atoms with van der Waals surface area (Å²) in [6, 6.07) is 20.0. The third-order valence-corrected chi connectivity index (χ3v) is 6.88. The molecule has 0 atom stereocenters. The first kappa shape index (κ1) is 23.8. The van der Waals surface area contributed by atoms with Crippen LogP contribution >= 0.6 is 0 Å². The zero-order valence-corrected chi connectivity index (χ0v) is 21.0. The van der Waals surface area contributed by atoms with Crippen LogP contribution in [0.4, 0.5) is 0 Å². The van der Waals surface area contributed by atoms with Crippen LogP contribution in [0.25, 0.3) is 33.1 Å². The molecule has 6 rings (SSSR count). The minimum Gasteiger partial charge on any atom is -0.496 e. The lowest BCUT2D eigenvalue weighted by atomic mass is 9.99. The summed E-state index contributed by atoms with van der Waals surface area (Å²) in [5, 5.41) is 1.32. The van der Waals surface area contributed by atoms with Crippen molar-refractivity contribution in [2.45, 2.75) is 13.0 Å². The first-order valence-corrected chi connectivity index (χ1v) is 12.2. The van der Waals surface area contributed by atoms with Crippen molar-refractivity contribution in [3.63, 3.8) is 0 Å². The highest BCUT2D eigenvalue weighted by molar-refractivity contribution is 5.97. The molecule has 0 saturated carbocycles. The predicted octanol–water partition coefficient (Wildman–Crippen LogP) is 4.98. The van der Waals surface area contributed by atoms with Crippen LogP contribution in [0.5, 0.6) is 17.2 Å². The molecule has 0 N–H and O–H groups in total. The zero-order chi connectivity index (χ0) is 26.2. The first-order chi connectivity index (χ1) is 18.6. The van der Waals surface area contributed by atoms with Gasteiger partial charge in [0.05, 0.1) is 25.3 Å². The van der Waals surface area contributed by atoms with E-state index in [2.05, 4.69) is 4.90 Å². The average Bonchev–Trinajstić information content (AvgIpc) is 2.95. The molecule has 192 valence electrons. The molecule has 38 heavy (non-hydrogen) atoms. The average molecular weight is 512 g/mol. The Morgan fingerprint density at radius 3 is 2.50 bits per heavy atom. The monoisotopic (exact) mass is 511 g/mol. The summed E-state index contributed by atoms with van der Waals surface area (Å²) in [5.74, 6) is 1.96. The molecule has 0 aliphatic carbocycles. The molecule has 1 aliphatic rings. The van der Waals surface area contributed by atoms with Crippen molar-refractivity contribution in [3.05, 3.63) is 98.7 Å². The van der Waals surface area contributed by atoms with Crippen LogP contribution in [-0.2, 0) is 13.0 Å². The Morgan fingerprint density at radius 1 is 0.842 bits per heavy atom. The van der Waals surface area contributed by atoms with E-state index in [0.29, 0.717) is 52.3 Å². The van der Waals surface area contributed by atoms with Crippen molar-refractivity contribution < 1.29 is 23.0 Å². The number of nitrogens with zero attached hydrogens (tertiary/aromatic N) is 1. The van der Waals surface area contributed by atoms with E-state index in [1.807, 2.05) is 48.5 Å². The van der Waals surface area contributed by atoms with Gasteiger partial charge in [0, 0.05) is 35.5 Å². The highest BCUT2D eigenvalue weighted by Gasteiger charge is 2.24. The molecule has 2 aromatic heterocycles. The van der Waals surface area contributed by atoms with Crippen molar-refractivity contribution >= 4 is 21.9 Å². The van der Waals surface area contributed by atoms with E-state index in [9.17, 15) is 9.59 Å². The topological polar surface area (TPSA) is 91.4 Å². The van der Waals surface area contributed by atoms with Crippen molar-refractivity contribution in [1.82, 2.24) is 4.90 Å². The first-order valence-electron chi connectivity index (χ1n) is 12.2. The molecular weight excluding hydrogens is 486 g/mol. The van der Waals surface area contributed by atoms with E-state index in [0.717, 1.165) is 29.8 Å². The molecule has 3 heterocycles. The highest BCUT2D eigenvalue weighted by Crippen LogP contribution is 2.36. The van der Waals surface area contributed by atoms with Gasteiger partial charge in [-0.2, -0.15) is 0 Å². The molecule has 0 saturated heterocycles.